The van der Waals surface area contributed by atoms with Crippen molar-refractivity contribution in [3.05, 3.63) is 22.4 Å². The van der Waals surface area contributed by atoms with Gasteiger partial charge in [0.05, 0.1) is 24.9 Å². The first-order valence-electron chi connectivity index (χ1n) is 9.67. The summed E-state index contributed by atoms with van der Waals surface area (Å²) in [6.07, 6.45) is 5.33. The minimum atomic E-state index is 0.0926. The Labute approximate surface area is 158 Å². The summed E-state index contributed by atoms with van der Waals surface area (Å²) in [6.45, 7) is 3.14. The van der Waals surface area contributed by atoms with E-state index in [2.05, 4.69) is 16.8 Å². The summed E-state index contributed by atoms with van der Waals surface area (Å²) in [4.78, 5) is 16.2. The van der Waals surface area contributed by atoms with Crippen molar-refractivity contribution < 1.29 is 19.0 Å². The van der Waals surface area contributed by atoms with E-state index >= 15 is 0 Å². The van der Waals surface area contributed by atoms with Gasteiger partial charge in [0.2, 0.25) is 5.91 Å². The zero-order valence-electron chi connectivity index (χ0n) is 15.1. The lowest BCUT2D eigenvalue weighted by Crippen LogP contribution is -2.49. The fourth-order valence-electron chi connectivity index (χ4n) is 4.16. The summed E-state index contributed by atoms with van der Waals surface area (Å²) in [5.41, 5.74) is 0. The summed E-state index contributed by atoms with van der Waals surface area (Å²) in [5, 5.41) is 5.48. The second-order valence-corrected chi connectivity index (χ2v) is 8.41. The van der Waals surface area contributed by atoms with Crippen LogP contribution >= 0.6 is 11.3 Å². The largest absolute Gasteiger partial charge is 0.368 e. The summed E-state index contributed by atoms with van der Waals surface area (Å²) >= 11 is 1.70. The Morgan fingerprint density at radius 1 is 1.31 bits per heavy atom. The summed E-state index contributed by atoms with van der Waals surface area (Å²) in [7, 11) is 0. The fraction of sp³-hybridized carbons (Fsp3) is 0.737. The average Bonchev–Trinajstić information content (AvgIpc) is 3.36. The Hall–Kier alpha value is -0.990. The van der Waals surface area contributed by atoms with Gasteiger partial charge in [0, 0.05) is 23.9 Å². The first-order valence-corrected chi connectivity index (χ1v) is 10.5. The van der Waals surface area contributed by atoms with E-state index in [1.807, 2.05) is 11.0 Å². The van der Waals surface area contributed by atoms with E-state index in [9.17, 15) is 4.79 Å². The van der Waals surface area contributed by atoms with Crippen LogP contribution in [0.2, 0.25) is 0 Å². The third-order valence-electron chi connectivity index (χ3n) is 5.63. The Kier molecular flexibility index (Phi) is 6.22. The van der Waals surface area contributed by atoms with Crippen LogP contribution in [-0.2, 0) is 25.5 Å². The van der Waals surface area contributed by atoms with Gasteiger partial charge in [-0.25, -0.2) is 0 Å². The van der Waals surface area contributed by atoms with E-state index in [0.717, 1.165) is 45.2 Å². The predicted octanol–water partition coefficient (Wildman–Crippen LogP) is 2.14. The van der Waals surface area contributed by atoms with Crippen molar-refractivity contribution in [1.29, 1.82) is 0 Å². The molecule has 0 aromatic carbocycles. The van der Waals surface area contributed by atoms with Gasteiger partial charge < -0.3 is 24.4 Å². The van der Waals surface area contributed by atoms with Crippen LogP contribution in [0.3, 0.4) is 0 Å². The molecule has 26 heavy (non-hydrogen) atoms. The minimum absolute atomic E-state index is 0.0926. The Bertz CT molecular complexity index is 576. The number of rotatable bonds is 6. The highest BCUT2D eigenvalue weighted by molar-refractivity contribution is 7.09. The van der Waals surface area contributed by atoms with Crippen LogP contribution in [0.25, 0.3) is 0 Å². The van der Waals surface area contributed by atoms with Crippen LogP contribution in [0.5, 0.6) is 0 Å². The van der Waals surface area contributed by atoms with Crippen LogP contribution < -0.4 is 5.32 Å². The molecular formula is C19H28N2O4S. The number of hydrogen-bond donors (Lipinski definition) is 1. The topological polar surface area (TPSA) is 60.0 Å². The summed E-state index contributed by atoms with van der Waals surface area (Å²) in [6, 6.07) is 4.39. The molecule has 3 heterocycles. The van der Waals surface area contributed by atoms with Crippen molar-refractivity contribution in [1.82, 2.24) is 10.2 Å². The molecule has 144 valence electrons. The zero-order valence-corrected chi connectivity index (χ0v) is 15.9. The monoisotopic (exact) mass is 380 g/mol. The highest BCUT2D eigenvalue weighted by Crippen LogP contribution is 2.30. The number of carbonyl (C=O) groups is 1. The molecule has 4 rings (SSSR count). The molecule has 2 saturated heterocycles. The third kappa shape index (κ3) is 4.46. The van der Waals surface area contributed by atoms with E-state index in [1.165, 1.54) is 4.88 Å². The molecule has 3 fully saturated rings. The number of piperidine rings is 1. The van der Waals surface area contributed by atoms with Gasteiger partial charge >= 0.3 is 0 Å². The first-order chi connectivity index (χ1) is 12.8. The van der Waals surface area contributed by atoms with Crippen molar-refractivity contribution in [2.75, 3.05) is 26.5 Å². The molecule has 0 spiro atoms. The van der Waals surface area contributed by atoms with Crippen molar-refractivity contribution in [3.63, 3.8) is 0 Å². The lowest BCUT2D eigenvalue weighted by molar-refractivity contribution is -0.143. The van der Waals surface area contributed by atoms with Crippen molar-refractivity contribution in [2.45, 2.75) is 63.0 Å². The second-order valence-electron chi connectivity index (χ2n) is 7.38. The maximum absolute atomic E-state index is 13.0. The number of nitrogens with one attached hydrogen (secondary N) is 1. The molecule has 6 nitrogen and oxygen atoms in total. The third-order valence-corrected chi connectivity index (χ3v) is 6.49. The SMILES string of the molecule is O=C(COC1CCC2OCOC2C1)N(Cc1cccs1)C1CCCNC1. The molecule has 1 aromatic rings. The van der Waals surface area contributed by atoms with Gasteiger partial charge in [0.25, 0.3) is 0 Å². The van der Waals surface area contributed by atoms with Crippen molar-refractivity contribution in [3.8, 4) is 0 Å². The van der Waals surface area contributed by atoms with E-state index in [0.29, 0.717) is 13.3 Å². The van der Waals surface area contributed by atoms with Gasteiger partial charge in [-0.05, 0) is 43.7 Å². The Morgan fingerprint density at radius 2 is 2.23 bits per heavy atom. The van der Waals surface area contributed by atoms with Crippen LogP contribution in [-0.4, -0.2) is 61.7 Å². The molecular weight excluding hydrogens is 352 g/mol. The molecule has 0 radical (unpaired) electrons. The van der Waals surface area contributed by atoms with E-state index in [4.69, 9.17) is 14.2 Å². The van der Waals surface area contributed by atoms with Gasteiger partial charge in [-0.15, -0.1) is 11.3 Å². The normalized spacial score (nSPS) is 31.5. The highest BCUT2D eigenvalue weighted by Gasteiger charge is 2.37. The van der Waals surface area contributed by atoms with E-state index in [-0.39, 0.29) is 36.9 Å². The van der Waals surface area contributed by atoms with E-state index in [1.54, 1.807) is 11.3 Å². The Balaban J connectivity index is 1.33. The standard InChI is InChI=1S/C19H28N2O4S/c22-19(12-23-15-5-6-17-18(9-15)25-13-24-17)21(11-16-4-2-8-26-16)14-3-1-7-20-10-14/h2,4,8,14-15,17-18,20H,1,3,5-7,9-13H2. The number of amides is 1. The van der Waals surface area contributed by atoms with Crippen molar-refractivity contribution in [2.24, 2.45) is 0 Å². The number of nitrogens with zero attached hydrogens (tertiary/aromatic N) is 1. The molecule has 1 saturated carbocycles. The lowest BCUT2D eigenvalue weighted by Gasteiger charge is -2.35. The predicted molar refractivity (Wildman–Crippen MR) is 99.0 cm³/mol. The quantitative estimate of drug-likeness (QED) is 0.819. The lowest BCUT2D eigenvalue weighted by atomic mass is 9.92. The number of hydrogen-bond acceptors (Lipinski definition) is 6. The molecule has 1 N–H and O–H groups in total. The molecule has 7 heteroatoms. The van der Waals surface area contributed by atoms with Crippen LogP contribution in [0.15, 0.2) is 17.5 Å². The van der Waals surface area contributed by atoms with Crippen LogP contribution in [0, 0.1) is 0 Å². The van der Waals surface area contributed by atoms with Gasteiger partial charge in [-0.1, -0.05) is 6.07 Å². The second kappa shape index (κ2) is 8.80. The summed E-state index contributed by atoms with van der Waals surface area (Å²) < 4.78 is 17.2. The molecule has 1 aromatic heterocycles. The number of carbonyl (C=O) groups excluding carboxylic acids is 1. The number of ether oxygens (including phenoxy) is 3. The molecule has 1 aliphatic carbocycles. The highest BCUT2D eigenvalue weighted by atomic mass is 32.1. The molecule has 1 amide bonds. The van der Waals surface area contributed by atoms with Crippen LogP contribution in [0.1, 0.15) is 37.0 Å². The maximum Gasteiger partial charge on any atom is 0.249 e. The smallest absolute Gasteiger partial charge is 0.249 e. The molecule has 2 aliphatic heterocycles. The van der Waals surface area contributed by atoms with Crippen LogP contribution in [0.4, 0.5) is 0 Å². The zero-order chi connectivity index (χ0) is 17.8. The van der Waals surface area contributed by atoms with E-state index < -0.39 is 0 Å². The molecule has 3 aliphatic rings. The Morgan fingerprint density at radius 3 is 3.04 bits per heavy atom. The van der Waals surface area contributed by atoms with Gasteiger partial charge in [0.1, 0.15) is 13.4 Å². The molecule has 4 unspecified atom stereocenters. The maximum atomic E-state index is 13.0. The summed E-state index contributed by atoms with van der Waals surface area (Å²) in [5.74, 6) is 0.0952. The van der Waals surface area contributed by atoms with Gasteiger partial charge in [-0.2, -0.15) is 0 Å². The molecule has 0 bridgehead atoms. The first kappa shape index (κ1) is 18.4. The van der Waals surface area contributed by atoms with Crippen molar-refractivity contribution >= 4 is 17.2 Å². The fourth-order valence-corrected chi connectivity index (χ4v) is 4.86. The minimum Gasteiger partial charge on any atom is -0.368 e. The molecule has 4 atom stereocenters. The van der Waals surface area contributed by atoms with Gasteiger partial charge in [-0.3, -0.25) is 4.79 Å². The number of thiophene rings is 1. The average molecular weight is 381 g/mol. The number of fused-ring (bicyclic) bond motifs is 1. The van der Waals surface area contributed by atoms with Gasteiger partial charge in [0.15, 0.2) is 0 Å².